The fourth-order valence-corrected chi connectivity index (χ4v) is 4.74. The average molecular weight is 598 g/mol. The maximum Gasteiger partial charge on any atom is 0.287 e. The summed E-state index contributed by atoms with van der Waals surface area (Å²) < 4.78 is 12.5. The molecule has 12 heteroatoms. The third-order valence-electron chi connectivity index (χ3n) is 6.16. The lowest BCUT2D eigenvalue weighted by atomic mass is 10.0. The highest BCUT2D eigenvalue weighted by atomic mass is 79.9. The zero-order valence-corrected chi connectivity index (χ0v) is 23.2. The van der Waals surface area contributed by atoms with Crippen LogP contribution >= 0.6 is 15.9 Å². The summed E-state index contributed by atoms with van der Waals surface area (Å²) in [5, 5.41) is 16.9. The molecule has 1 aromatic heterocycles. The Morgan fingerprint density at radius 2 is 1.97 bits per heavy atom. The number of rotatable bonds is 9. The lowest BCUT2D eigenvalue weighted by Gasteiger charge is -2.31. The van der Waals surface area contributed by atoms with E-state index in [1.807, 2.05) is 19.9 Å². The van der Waals surface area contributed by atoms with Crippen LogP contribution in [0.25, 0.3) is 0 Å². The molecule has 1 aliphatic heterocycles. The first-order valence-electron chi connectivity index (χ1n) is 12.2. The molecule has 39 heavy (non-hydrogen) atoms. The first-order chi connectivity index (χ1) is 18.7. The molecular weight excluding hydrogens is 570 g/mol. The number of carbonyl (C=O) groups is 2. The number of aromatic nitrogens is 1. The van der Waals surface area contributed by atoms with Crippen LogP contribution in [-0.2, 0) is 9.59 Å². The third-order valence-corrected chi connectivity index (χ3v) is 6.62. The van der Waals surface area contributed by atoms with E-state index in [0.29, 0.717) is 33.0 Å². The minimum atomic E-state index is -1.05. The molecule has 0 saturated carbocycles. The number of benzene rings is 2. The molecule has 2 atom stereocenters. The van der Waals surface area contributed by atoms with Crippen molar-refractivity contribution in [1.29, 1.82) is 0 Å². The van der Waals surface area contributed by atoms with Gasteiger partial charge in [0.1, 0.15) is 18.1 Å². The molecule has 11 nitrogen and oxygen atoms in total. The van der Waals surface area contributed by atoms with Gasteiger partial charge in [0.25, 0.3) is 17.5 Å². The minimum absolute atomic E-state index is 0.116. The second kappa shape index (κ2) is 12.1. The molecule has 2 heterocycles. The Morgan fingerprint density at radius 3 is 2.59 bits per heavy atom. The standard InChI is InChI=1S/C27H28BrN5O6/c1-16(2)24-27(35)32(12-11-29-22-10-9-19(15-30-22)33(36)37)23(26(34)31-18-7-5-4-6-8-18)20-13-17(28)14-21(38-3)25(20)39-24/h4-10,13-16,23-24H,11-12H2,1-3H3,(H,29,30)(H,31,34). The van der Waals surface area contributed by atoms with Crippen molar-refractivity contribution in [2.24, 2.45) is 5.92 Å². The van der Waals surface area contributed by atoms with Gasteiger partial charge in [-0.3, -0.25) is 19.7 Å². The van der Waals surface area contributed by atoms with Gasteiger partial charge in [0.05, 0.1) is 12.0 Å². The number of pyridine rings is 1. The maximum atomic E-state index is 13.9. The summed E-state index contributed by atoms with van der Waals surface area (Å²) in [5.74, 6) is 0.137. The summed E-state index contributed by atoms with van der Waals surface area (Å²) in [4.78, 5) is 43.7. The number of hydrogen-bond donors (Lipinski definition) is 2. The average Bonchev–Trinajstić information content (AvgIpc) is 3.03. The zero-order valence-electron chi connectivity index (χ0n) is 21.6. The summed E-state index contributed by atoms with van der Waals surface area (Å²) in [7, 11) is 1.50. The number of anilines is 2. The van der Waals surface area contributed by atoms with Crippen LogP contribution in [0.2, 0.25) is 0 Å². The van der Waals surface area contributed by atoms with Gasteiger partial charge in [-0.15, -0.1) is 0 Å². The van der Waals surface area contributed by atoms with Crippen LogP contribution in [0.4, 0.5) is 17.2 Å². The van der Waals surface area contributed by atoms with Gasteiger partial charge in [-0.25, -0.2) is 4.98 Å². The topological polar surface area (TPSA) is 136 Å². The van der Waals surface area contributed by atoms with Gasteiger partial charge in [-0.05, 0) is 36.2 Å². The smallest absolute Gasteiger partial charge is 0.287 e. The molecular formula is C27H28BrN5O6. The number of halogens is 1. The van der Waals surface area contributed by atoms with Gasteiger partial charge in [0.2, 0.25) is 0 Å². The Morgan fingerprint density at radius 1 is 1.23 bits per heavy atom. The minimum Gasteiger partial charge on any atom is -0.493 e. The highest BCUT2D eigenvalue weighted by Crippen LogP contribution is 2.44. The quantitative estimate of drug-likeness (QED) is 0.265. The number of amides is 2. The van der Waals surface area contributed by atoms with Crippen molar-refractivity contribution in [3.8, 4) is 11.5 Å². The highest BCUT2D eigenvalue weighted by Gasteiger charge is 2.43. The summed E-state index contributed by atoms with van der Waals surface area (Å²) in [6, 6.07) is 14.2. The van der Waals surface area contributed by atoms with E-state index in [0.717, 1.165) is 6.20 Å². The Balaban J connectivity index is 1.72. The van der Waals surface area contributed by atoms with Crippen molar-refractivity contribution in [3.63, 3.8) is 0 Å². The molecule has 0 bridgehead atoms. The van der Waals surface area contributed by atoms with Gasteiger partial charge >= 0.3 is 0 Å². The van der Waals surface area contributed by atoms with E-state index in [1.165, 1.54) is 24.1 Å². The number of carbonyl (C=O) groups excluding carboxylic acids is 2. The molecule has 2 N–H and O–H groups in total. The maximum absolute atomic E-state index is 13.9. The largest absolute Gasteiger partial charge is 0.493 e. The summed E-state index contributed by atoms with van der Waals surface area (Å²) in [5.41, 5.74) is 0.922. The Kier molecular flexibility index (Phi) is 8.65. The van der Waals surface area contributed by atoms with Crippen molar-refractivity contribution in [1.82, 2.24) is 9.88 Å². The molecule has 1 aliphatic rings. The van der Waals surface area contributed by atoms with Crippen LogP contribution in [0.1, 0.15) is 25.5 Å². The third kappa shape index (κ3) is 6.28. The van der Waals surface area contributed by atoms with Crippen molar-refractivity contribution in [3.05, 3.63) is 80.9 Å². The molecule has 0 spiro atoms. The molecule has 4 rings (SSSR count). The van der Waals surface area contributed by atoms with Crippen LogP contribution < -0.4 is 20.1 Å². The molecule has 2 amide bonds. The number of para-hydroxylation sites is 1. The van der Waals surface area contributed by atoms with Gasteiger partial charge in [0.15, 0.2) is 17.6 Å². The predicted octanol–water partition coefficient (Wildman–Crippen LogP) is 4.80. The Labute approximate surface area is 233 Å². The molecule has 0 aliphatic carbocycles. The van der Waals surface area contributed by atoms with Crippen molar-refractivity contribution in [2.75, 3.05) is 30.8 Å². The first-order valence-corrected chi connectivity index (χ1v) is 13.0. The van der Waals surface area contributed by atoms with E-state index in [2.05, 4.69) is 31.5 Å². The zero-order chi connectivity index (χ0) is 28.1. The first kappa shape index (κ1) is 27.8. The Hall–Kier alpha value is -4.19. The number of fused-ring (bicyclic) bond motifs is 1. The van der Waals surface area contributed by atoms with Crippen LogP contribution in [0, 0.1) is 16.0 Å². The van der Waals surface area contributed by atoms with Crippen molar-refractivity contribution >= 4 is 44.9 Å². The number of ether oxygens (including phenoxy) is 2. The number of methoxy groups -OCH3 is 1. The number of nitro groups is 1. The molecule has 0 fully saturated rings. The van der Waals surface area contributed by atoms with Crippen LogP contribution in [-0.4, -0.2) is 52.9 Å². The van der Waals surface area contributed by atoms with Gasteiger partial charge in [0, 0.05) is 34.9 Å². The molecule has 2 unspecified atom stereocenters. The Bertz CT molecular complexity index is 1350. The predicted molar refractivity (Wildman–Crippen MR) is 149 cm³/mol. The fourth-order valence-electron chi connectivity index (χ4n) is 4.28. The van der Waals surface area contributed by atoms with Crippen molar-refractivity contribution in [2.45, 2.75) is 26.0 Å². The fraction of sp³-hybridized carbons (Fsp3) is 0.296. The second-order valence-electron chi connectivity index (χ2n) is 9.18. The monoisotopic (exact) mass is 597 g/mol. The van der Waals surface area contributed by atoms with Crippen molar-refractivity contribution < 1.29 is 24.0 Å². The molecule has 0 saturated heterocycles. The van der Waals surface area contributed by atoms with Gasteiger partial charge < -0.3 is 25.0 Å². The van der Waals surface area contributed by atoms with Crippen LogP contribution in [0.15, 0.2) is 65.3 Å². The SMILES string of the molecule is COc1cc(Br)cc2c1OC(C(C)C)C(=O)N(CCNc1ccc([N+](=O)[O-])cn1)C2C(=O)Nc1ccccc1. The summed E-state index contributed by atoms with van der Waals surface area (Å²) >= 11 is 3.49. The van der Waals surface area contributed by atoms with Crippen LogP contribution in [0.3, 0.4) is 0 Å². The van der Waals surface area contributed by atoms with Gasteiger partial charge in [-0.2, -0.15) is 0 Å². The second-order valence-corrected chi connectivity index (χ2v) is 10.1. The highest BCUT2D eigenvalue weighted by molar-refractivity contribution is 9.10. The van der Waals surface area contributed by atoms with E-state index in [4.69, 9.17) is 9.47 Å². The van der Waals surface area contributed by atoms with E-state index in [1.54, 1.807) is 36.4 Å². The van der Waals surface area contributed by atoms with E-state index in [-0.39, 0.29) is 30.6 Å². The molecule has 3 aromatic rings. The number of hydrogen-bond acceptors (Lipinski definition) is 8. The molecule has 2 aromatic carbocycles. The van der Waals surface area contributed by atoms with Crippen LogP contribution in [0.5, 0.6) is 11.5 Å². The summed E-state index contributed by atoms with van der Waals surface area (Å²) in [6.07, 6.45) is 0.281. The number of nitrogens with zero attached hydrogens (tertiary/aromatic N) is 3. The lowest BCUT2D eigenvalue weighted by Crippen LogP contribution is -2.48. The summed E-state index contributed by atoms with van der Waals surface area (Å²) in [6.45, 7) is 4.08. The van der Waals surface area contributed by atoms with Gasteiger partial charge in [-0.1, -0.05) is 48.0 Å². The molecule has 204 valence electrons. The molecule has 0 radical (unpaired) electrons. The number of nitrogens with one attached hydrogen (secondary N) is 2. The van der Waals surface area contributed by atoms with E-state index < -0.39 is 23.0 Å². The van der Waals surface area contributed by atoms with E-state index >= 15 is 0 Å². The van der Waals surface area contributed by atoms with E-state index in [9.17, 15) is 19.7 Å². The lowest BCUT2D eigenvalue weighted by molar-refractivity contribution is -0.385. The normalized spacial score (nSPS) is 16.6.